The lowest BCUT2D eigenvalue weighted by molar-refractivity contribution is -0.903. The van der Waals surface area contributed by atoms with Crippen LogP contribution >= 0.6 is 23.2 Å². The molecule has 0 unspecified atom stereocenters. The van der Waals surface area contributed by atoms with Gasteiger partial charge in [0.2, 0.25) is 6.20 Å². The lowest BCUT2D eigenvalue weighted by atomic mass is 10.5. The van der Waals surface area contributed by atoms with E-state index in [1.54, 1.807) is 6.07 Å². The minimum atomic E-state index is 0.236. The van der Waals surface area contributed by atoms with E-state index in [4.69, 9.17) is 28.4 Å². The molecule has 1 heterocycles. The highest BCUT2D eigenvalue weighted by Crippen LogP contribution is 2.06. The number of halogens is 2. The molecule has 1 N–H and O–H groups in total. The Balaban J connectivity index is 3.17. The van der Waals surface area contributed by atoms with Crippen LogP contribution in [-0.2, 0) is 0 Å². The quantitative estimate of drug-likeness (QED) is 0.351. The van der Waals surface area contributed by atoms with Gasteiger partial charge in [-0.15, -0.1) is 0 Å². The van der Waals surface area contributed by atoms with E-state index in [0.29, 0.717) is 5.02 Å². The van der Waals surface area contributed by atoms with Gasteiger partial charge in [0.25, 0.3) is 0 Å². The van der Waals surface area contributed by atoms with Crippen LogP contribution in [0.2, 0.25) is 10.2 Å². The van der Waals surface area contributed by atoms with E-state index in [2.05, 4.69) is 0 Å². The molecule has 0 aliphatic carbocycles. The highest BCUT2D eigenvalue weighted by atomic mass is 35.5. The molecule has 0 aliphatic heterocycles. The molecule has 1 aromatic rings. The molecule has 1 aromatic heterocycles. The maximum Gasteiger partial charge on any atom is 0.325 e. The van der Waals surface area contributed by atoms with Crippen molar-refractivity contribution in [2.45, 2.75) is 0 Å². The number of nitrogens with zero attached hydrogens (tertiary/aromatic N) is 1. The summed E-state index contributed by atoms with van der Waals surface area (Å²) in [7, 11) is 0. The van der Waals surface area contributed by atoms with Crippen molar-refractivity contribution in [3.63, 3.8) is 0 Å². The summed E-state index contributed by atoms with van der Waals surface area (Å²) in [5, 5.41) is 9.48. The van der Waals surface area contributed by atoms with Crippen molar-refractivity contribution in [1.82, 2.24) is 0 Å². The third kappa shape index (κ3) is 1.47. The zero-order valence-corrected chi connectivity index (χ0v) is 5.89. The molecule has 0 amide bonds. The van der Waals surface area contributed by atoms with Crippen LogP contribution in [0.15, 0.2) is 18.3 Å². The fourth-order valence-corrected chi connectivity index (χ4v) is 0.713. The molecule has 4 heteroatoms. The third-order valence-electron chi connectivity index (χ3n) is 0.845. The highest BCUT2D eigenvalue weighted by molar-refractivity contribution is 6.31. The molecule has 0 spiro atoms. The van der Waals surface area contributed by atoms with Crippen molar-refractivity contribution >= 4 is 23.2 Å². The Kier molecular flexibility index (Phi) is 1.78. The van der Waals surface area contributed by atoms with Crippen LogP contribution in [0.3, 0.4) is 0 Å². The van der Waals surface area contributed by atoms with Gasteiger partial charge in [0.1, 0.15) is 5.02 Å². The molecule has 0 bridgehead atoms. The summed E-state index contributed by atoms with van der Waals surface area (Å²) >= 11 is 10.9. The summed E-state index contributed by atoms with van der Waals surface area (Å²) in [6.07, 6.45) is 1.31. The zero-order chi connectivity index (χ0) is 6.85. The minimum absolute atomic E-state index is 0.236. The Morgan fingerprint density at radius 3 is 2.44 bits per heavy atom. The number of hydrogen-bond acceptors (Lipinski definition) is 1. The lowest BCUT2D eigenvalue weighted by Gasteiger charge is -1.85. The fraction of sp³-hybridized carbons (Fsp3) is 0. The van der Waals surface area contributed by atoms with Gasteiger partial charge in [0.15, 0.2) is 0 Å². The van der Waals surface area contributed by atoms with Crippen LogP contribution in [0, 0.1) is 0 Å². The first-order chi connectivity index (χ1) is 4.20. The van der Waals surface area contributed by atoms with Gasteiger partial charge >= 0.3 is 5.15 Å². The molecule has 0 atom stereocenters. The van der Waals surface area contributed by atoms with Crippen molar-refractivity contribution in [3.05, 3.63) is 28.5 Å². The topological polar surface area (TPSA) is 24.1 Å². The van der Waals surface area contributed by atoms with Crippen molar-refractivity contribution < 1.29 is 9.94 Å². The predicted octanol–water partition coefficient (Wildman–Crippen LogP) is 1.52. The zero-order valence-electron chi connectivity index (χ0n) is 4.38. The maximum absolute atomic E-state index is 8.80. The van der Waals surface area contributed by atoms with Gasteiger partial charge in [0.05, 0.1) is 0 Å². The Bertz CT molecular complexity index is 226. The molecule has 0 aromatic carbocycles. The Labute approximate surface area is 62.2 Å². The second-order valence-electron chi connectivity index (χ2n) is 1.51. The van der Waals surface area contributed by atoms with E-state index in [-0.39, 0.29) is 5.15 Å². The van der Waals surface area contributed by atoms with Gasteiger partial charge in [-0.05, 0) is 17.7 Å². The normalized spacial score (nSPS) is 9.56. The first-order valence-electron chi connectivity index (χ1n) is 2.26. The van der Waals surface area contributed by atoms with E-state index in [0.717, 1.165) is 4.73 Å². The molecule has 0 aliphatic rings. The summed E-state index contributed by atoms with van der Waals surface area (Å²) in [4.78, 5) is 0. The smallest absolute Gasteiger partial charge is 0.284 e. The Morgan fingerprint density at radius 1 is 1.33 bits per heavy atom. The van der Waals surface area contributed by atoms with Gasteiger partial charge < -0.3 is 0 Å². The fourth-order valence-electron chi connectivity index (χ4n) is 0.446. The first-order valence-corrected chi connectivity index (χ1v) is 3.02. The van der Waals surface area contributed by atoms with Gasteiger partial charge in [-0.25, -0.2) is 0 Å². The second-order valence-corrected chi connectivity index (χ2v) is 2.34. The average molecular weight is 165 g/mol. The average Bonchev–Trinajstić information content (AvgIpc) is 1.80. The predicted molar refractivity (Wildman–Crippen MR) is 33.8 cm³/mol. The summed E-state index contributed by atoms with van der Waals surface area (Å²) < 4.78 is 0.754. The molecule has 0 fully saturated rings. The monoisotopic (exact) mass is 164 g/mol. The standard InChI is InChI=1S/C5H4Cl2NO/c6-4-1-2-5(7)8(9)3-4/h1-3,9H/q+1. The van der Waals surface area contributed by atoms with Gasteiger partial charge in [-0.2, -0.15) is 0 Å². The molecule has 1 rings (SSSR count). The molecule has 0 radical (unpaired) electrons. The molecule has 0 saturated carbocycles. The van der Waals surface area contributed by atoms with E-state index < -0.39 is 0 Å². The number of aromatic nitrogens is 1. The molecule has 9 heavy (non-hydrogen) atoms. The molecule has 48 valence electrons. The molecular formula is C5H4Cl2NO+. The Morgan fingerprint density at radius 2 is 2.00 bits per heavy atom. The summed E-state index contributed by atoms with van der Waals surface area (Å²) in [5.74, 6) is 0. The largest absolute Gasteiger partial charge is 0.325 e. The van der Waals surface area contributed by atoms with Crippen LogP contribution in [0.25, 0.3) is 0 Å². The molecule has 0 saturated heterocycles. The number of rotatable bonds is 0. The van der Waals surface area contributed by atoms with Crippen molar-refractivity contribution in [2.75, 3.05) is 0 Å². The first kappa shape index (κ1) is 6.65. The van der Waals surface area contributed by atoms with Crippen LogP contribution in [-0.4, -0.2) is 5.21 Å². The van der Waals surface area contributed by atoms with E-state index in [9.17, 15) is 0 Å². The van der Waals surface area contributed by atoms with Crippen LogP contribution in [0.5, 0.6) is 0 Å². The maximum atomic E-state index is 8.80. The van der Waals surface area contributed by atoms with E-state index >= 15 is 0 Å². The van der Waals surface area contributed by atoms with Gasteiger partial charge in [-0.1, -0.05) is 11.6 Å². The van der Waals surface area contributed by atoms with Crippen LogP contribution < -0.4 is 4.73 Å². The summed E-state index contributed by atoms with van der Waals surface area (Å²) in [6.45, 7) is 0. The highest BCUT2D eigenvalue weighted by Gasteiger charge is 2.04. The van der Waals surface area contributed by atoms with Crippen molar-refractivity contribution in [2.24, 2.45) is 0 Å². The lowest BCUT2D eigenvalue weighted by Crippen LogP contribution is -2.30. The third-order valence-corrected chi connectivity index (χ3v) is 1.37. The van der Waals surface area contributed by atoms with Crippen LogP contribution in [0.1, 0.15) is 0 Å². The number of pyridine rings is 1. The van der Waals surface area contributed by atoms with Gasteiger partial charge in [-0.3, -0.25) is 5.21 Å². The van der Waals surface area contributed by atoms with Crippen LogP contribution in [0.4, 0.5) is 0 Å². The summed E-state index contributed by atoms with van der Waals surface area (Å²) in [6, 6.07) is 3.10. The SMILES string of the molecule is O[n+]1cc(Cl)ccc1Cl. The van der Waals surface area contributed by atoms with E-state index in [1.807, 2.05) is 0 Å². The van der Waals surface area contributed by atoms with Crippen molar-refractivity contribution in [1.29, 1.82) is 0 Å². The van der Waals surface area contributed by atoms with Gasteiger partial charge in [0, 0.05) is 10.8 Å². The second kappa shape index (κ2) is 2.42. The molecule has 2 nitrogen and oxygen atoms in total. The van der Waals surface area contributed by atoms with E-state index in [1.165, 1.54) is 12.3 Å². The van der Waals surface area contributed by atoms with Crippen molar-refractivity contribution in [3.8, 4) is 0 Å². The minimum Gasteiger partial charge on any atom is -0.284 e. The number of hydrogen-bond donors (Lipinski definition) is 1. The summed E-state index contributed by atoms with van der Waals surface area (Å²) in [5.41, 5.74) is 0. The molecular weight excluding hydrogens is 161 g/mol. The Hall–Kier alpha value is -0.470.